The second-order valence-electron chi connectivity index (χ2n) is 3.90. The summed E-state index contributed by atoms with van der Waals surface area (Å²) in [6.07, 6.45) is 5.67. The van der Waals surface area contributed by atoms with Crippen LogP contribution >= 0.6 is 0 Å². The maximum atomic E-state index is 10.8. The van der Waals surface area contributed by atoms with Gasteiger partial charge in [0, 0.05) is 6.42 Å². The van der Waals surface area contributed by atoms with Gasteiger partial charge < -0.3 is 4.74 Å². The highest BCUT2D eigenvalue weighted by Crippen LogP contribution is 2.10. The molecule has 15 heavy (non-hydrogen) atoms. The van der Waals surface area contributed by atoms with Crippen molar-refractivity contribution in [2.45, 2.75) is 46.5 Å². The summed E-state index contributed by atoms with van der Waals surface area (Å²) in [6.45, 7) is 10.2. The van der Waals surface area contributed by atoms with Gasteiger partial charge in [0.15, 0.2) is 0 Å². The van der Waals surface area contributed by atoms with Gasteiger partial charge in [-0.25, -0.2) is 0 Å². The zero-order valence-corrected chi connectivity index (χ0v) is 10.1. The Morgan fingerprint density at radius 3 is 2.53 bits per heavy atom. The van der Waals surface area contributed by atoms with Crippen molar-refractivity contribution in [3.8, 4) is 0 Å². The highest BCUT2D eigenvalue weighted by molar-refractivity contribution is 5.68. The third kappa shape index (κ3) is 9.26. The first-order chi connectivity index (χ1) is 7.06. The van der Waals surface area contributed by atoms with E-state index in [-0.39, 0.29) is 5.97 Å². The number of ether oxygens (including phenoxy) is 1. The second-order valence-corrected chi connectivity index (χ2v) is 3.90. The molecule has 0 aliphatic heterocycles. The monoisotopic (exact) mass is 210 g/mol. The number of carbonyl (C=O) groups excluding carboxylic acids is 1. The van der Waals surface area contributed by atoms with Gasteiger partial charge in [0.1, 0.15) is 6.61 Å². The first-order valence-electron chi connectivity index (χ1n) is 5.52. The van der Waals surface area contributed by atoms with Crippen LogP contribution in [0.5, 0.6) is 0 Å². The van der Waals surface area contributed by atoms with Crippen LogP contribution in [0.3, 0.4) is 0 Å². The lowest BCUT2D eigenvalue weighted by Gasteiger charge is -2.02. The quantitative estimate of drug-likeness (QED) is 0.474. The van der Waals surface area contributed by atoms with E-state index in [2.05, 4.69) is 13.5 Å². The van der Waals surface area contributed by atoms with Gasteiger partial charge in [-0.15, -0.1) is 6.58 Å². The third-order valence-corrected chi connectivity index (χ3v) is 2.14. The lowest BCUT2D eigenvalue weighted by atomic mass is 10.1. The van der Waals surface area contributed by atoms with Crippen LogP contribution in [-0.4, -0.2) is 12.6 Å². The molecule has 0 amide bonds. The highest BCUT2D eigenvalue weighted by Gasteiger charge is 1.96. The molecule has 0 rings (SSSR count). The van der Waals surface area contributed by atoms with E-state index in [0.717, 1.165) is 19.3 Å². The summed E-state index contributed by atoms with van der Waals surface area (Å²) >= 11 is 0. The Morgan fingerprint density at radius 2 is 2.00 bits per heavy atom. The largest absolute Gasteiger partial charge is 0.461 e. The van der Waals surface area contributed by atoms with E-state index < -0.39 is 0 Å². The van der Waals surface area contributed by atoms with Crippen LogP contribution in [0.1, 0.15) is 46.5 Å². The summed E-state index contributed by atoms with van der Waals surface area (Å²) in [4.78, 5) is 10.8. The van der Waals surface area contributed by atoms with Crippen LogP contribution in [-0.2, 0) is 9.53 Å². The molecule has 2 heteroatoms. The molecule has 0 aliphatic rings. The minimum atomic E-state index is -0.138. The van der Waals surface area contributed by atoms with Gasteiger partial charge in [0.25, 0.3) is 0 Å². The Labute approximate surface area is 93.0 Å². The predicted molar refractivity (Wildman–Crippen MR) is 63.7 cm³/mol. The molecule has 0 aromatic rings. The Bertz CT molecular complexity index is 239. The zero-order chi connectivity index (χ0) is 11.7. The molecule has 0 atom stereocenters. The molecular weight excluding hydrogens is 188 g/mol. The Kier molecular flexibility index (Phi) is 7.69. The molecular formula is C13H22O2. The van der Waals surface area contributed by atoms with Crippen LogP contribution in [0.15, 0.2) is 23.8 Å². The SMILES string of the molecule is C=C(C)CCC/C(C)=C\COC(=O)CC. The van der Waals surface area contributed by atoms with E-state index in [1.54, 1.807) is 6.92 Å². The minimum Gasteiger partial charge on any atom is -0.461 e. The molecule has 0 spiro atoms. The predicted octanol–water partition coefficient (Wildman–Crippen LogP) is 3.63. The van der Waals surface area contributed by atoms with E-state index >= 15 is 0 Å². The molecule has 0 radical (unpaired) electrons. The molecule has 0 N–H and O–H groups in total. The summed E-state index contributed by atoms with van der Waals surface area (Å²) in [5.74, 6) is -0.138. The van der Waals surface area contributed by atoms with Crippen molar-refractivity contribution in [1.29, 1.82) is 0 Å². The molecule has 0 heterocycles. The molecule has 0 saturated heterocycles. The number of allylic oxidation sites excluding steroid dienone is 2. The van der Waals surface area contributed by atoms with Crippen molar-refractivity contribution >= 4 is 5.97 Å². The lowest BCUT2D eigenvalue weighted by Crippen LogP contribution is -2.02. The number of esters is 1. The number of rotatable bonds is 7. The van der Waals surface area contributed by atoms with E-state index in [1.807, 2.05) is 13.0 Å². The first kappa shape index (κ1) is 13.9. The summed E-state index contributed by atoms with van der Waals surface area (Å²) in [5.41, 5.74) is 2.50. The van der Waals surface area contributed by atoms with Crippen molar-refractivity contribution in [3.05, 3.63) is 23.8 Å². The Balaban J connectivity index is 3.60. The number of hydrogen-bond acceptors (Lipinski definition) is 2. The molecule has 0 bridgehead atoms. The smallest absolute Gasteiger partial charge is 0.305 e. The van der Waals surface area contributed by atoms with E-state index in [0.29, 0.717) is 13.0 Å². The van der Waals surface area contributed by atoms with Gasteiger partial charge in [0.05, 0.1) is 0 Å². The maximum Gasteiger partial charge on any atom is 0.305 e. The molecule has 0 aliphatic carbocycles. The summed E-state index contributed by atoms with van der Waals surface area (Å²) in [7, 11) is 0. The third-order valence-electron chi connectivity index (χ3n) is 2.14. The number of carbonyl (C=O) groups is 1. The van der Waals surface area contributed by atoms with E-state index in [9.17, 15) is 4.79 Å². The fourth-order valence-corrected chi connectivity index (χ4v) is 1.15. The van der Waals surface area contributed by atoms with Crippen molar-refractivity contribution in [2.75, 3.05) is 6.61 Å². The average molecular weight is 210 g/mol. The molecule has 0 aromatic carbocycles. The van der Waals surface area contributed by atoms with Gasteiger partial charge in [-0.1, -0.05) is 18.1 Å². The number of hydrogen-bond donors (Lipinski definition) is 0. The zero-order valence-electron chi connectivity index (χ0n) is 10.1. The second kappa shape index (κ2) is 8.27. The van der Waals surface area contributed by atoms with Gasteiger partial charge in [-0.3, -0.25) is 4.79 Å². The fourth-order valence-electron chi connectivity index (χ4n) is 1.15. The van der Waals surface area contributed by atoms with Crippen molar-refractivity contribution in [2.24, 2.45) is 0 Å². The molecule has 0 unspecified atom stereocenters. The van der Waals surface area contributed by atoms with Crippen molar-refractivity contribution in [3.63, 3.8) is 0 Å². The summed E-state index contributed by atoms with van der Waals surface area (Å²) in [6, 6.07) is 0. The molecule has 2 nitrogen and oxygen atoms in total. The molecule has 0 saturated carbocycles. The fraction of sp³-hybridized carbons (Fsp3) is 0.615. The van der Waals surface area contributed by atoms with E-state index in [1.165, 1.54) is 11.1 Å². The topological polar surface area (TPSA) is 26.3 Å². The Hall–Kier alpha value is -1.05. The summed E-state index contributed by atoms with van der Waals surface area (Å²) in [5, 5.41) is 0. The van der Waals surface area contributed by atoms with Crippen LogP contribution in [0.2, 0.25) is 0 Å². The van der Waals surface area contributed by atoms with Crippen LogP contribution < -0.4 is 0 Å². The summed E-state index contributed by atoms with van der Waals surface area (Å²) < 4.78 is 4.96. The molecule has 0 fully saturated rings. The van der Waals surface area contributed by atoms with Crippen molar-refractivity contribution in [1.82, 2.24) is 0 Å². The van der Waals surface area contributed by atoms with Crippen LogP contribution in [0.4, 0.5) is 0 Å². The maximum absolute atomic E-state index is 10.8. The normalized spacial score (nSPS) is 11.3. The molecule has 86 valence electrons. The standard InChI is InChI=1S/C13H22O2/c1-5-13(14)15-10-9-12(4)8-6-7-11(2)3/h9H,2,5-8,10H2,1,3-4H3/b12-9-. The van der Waals surface area contributed by atoms with E-state index in [4.69, 9.17) is 4.74 Å². The van der Waals surface area contributed by atoms with Crippen LogP contribution in [0.25, 0.3) is 0 Å². The van der Waals surface area contributed by atoms with Gasteiger partial charge in [-0.2, -0.15) is 0 Å². The van der Waals surface area contributed by atoms with Gasteiger partial charge >= 0.3 is 5.97 Å². The van der Waals surface area contributed by atoms with Crippen LogP contribution in [0, 0.1) is 0 Å². The highest BCUT2D eigenvalue weighted by atomic mass is 16.5. The van der Waals surface area contributed by atoms with Gasteiger partial charge in [-0.05, 0) is 39.2 Å². The minimum absolute atomic E-state index is 0.138. The first-order valence-corrected chi connectivity index (χ1v) is 5.52. The lowest BCUT2D eigenvalue weighted by molar-refractivity contribution is -0.141. The Morgan fingerprint density at radius 1 is 1.33 bits per heavy atom. The average Bonchev–Trinajstić information content (AvgIpc) is 2.17. The molecule has 0 aromatic heterocycles. The van der Waals surface area contributed by atoms with Gasteiger partial charge in [0.2, 0.25) is 0 Å². The van der Waals surface area contributed by atoms with Crippen molar-refractivity contribution < 1.29 is 9.53 Å².